The number of carbonyl (C=O) groups is 2. The minimum atomic E-state index is -3.57. The number of sulfonamides is 1. The summed E-state index contributed by atoms with van der Waals surface area (Å²) >= 11 is 0. The maximum atomic E-state index is 12.6. The largest absolute Gasteiger partial charge is 0.337 e. The number of nitrogens with one attached hydrogen (secondary N) is 2. The van der Waals surface area contributed by atoms with Crippen molar-refractivity contribution >= 4 is 27.5 Å². The first-order chi connectivity index (χ1) is 13.6. The highest BCUT2D eigenvalue weighted by atomic mass is 32.2. The summed E-state index contributed by atoms with van der Waals surface area (Å²) in [6, 6.07) is 6.18. The number of anilines is 1. The molecule has 1 heterocycles. The molecule has 1 aliphatic heterocycles. The predicted molar refractivity (Wildman–Crippen MR) is 112 cm³/mol. The standard InChI is InChI=1S/C21H31N3O4S/c1-21(2,3)24-14-15(13-19(24)25)20(26)22-16-9-11-18(12-10-16)29(27,28)23-17-7-5-4-6-8-17/h9-12,15,17,23H,4-8,13-14H2,1-3H3,(H,22,26)/t15-/m1/s1. The van der Waals surface area contributed by atoms with E-state index < -0.39 is 15.9 Å². The predicted octanol–water partition coefficient (Wildman–Crippen LogP) is 2.88. The summed E-state index contributed by atoms with van der Waals surface area (Å²) in [5.41, 5.74) is 0.210. The average molecular weight is 422 g/mol. The lowest BCUT2D eigenvalue weighted by atomic mass is 9.96. The van der Waals surface area contributed by atoms with Crippen molar-refractivity contribution in [3.8, 4) is 0 Å². The van der Waals surface area contributed by atoms with Crippen LogP contribution < -0.4 is 10.0 Å². The normalized spacial score (nSPS) is 21.4. The van der Waals surface area contributed by atoms with Crippen molar-refractivity contribution in [3.05, 3.63) is 24.3 Å². The molecule has 160 valence electrons. The minimum absolute atomic E-state index is 0.00112. The summed E-state index contributed by atoms with van der Waals surface area (Å²) in [4.78, 5) is 26.7. The van der Waals surface area contributed by atoms with Crippen LogP contribution in [0.5, 0.6) is 0 Å². The molecule has 0 bridgehead atoms. The summed E-state index contributed by atoms with van der Waals surface area (Å²) < 4.78 is 27.9. The van der Waals surface area contributed by atoms with Gasteiger partial charge >= 0.3 is 0 Å². The number of carbonyl (C=O) groups excluding carboxylic acids is 2. The zero-order valence-corrected chi connectivity index (χ0v) is 18.2. The van der Waals surface area contributed by atoms with E-state index in [1.165, 1.54) is 12.1 Å². The summed E-state index contributed by atoms with van der Waals surface area (Å²) in [5, 5.41) is 2.80. The lowest BCUT2D eigenvalue weighted by Crippen LogP contribution is -2.42. The second-order valence-electron chi connectivity index (χ2n) is 9.05. The first-order valence-electron chi connectivity index (χ1n) is 10.3. The number of likely N-dealkylation sites (tertiary alicyclic amines) is 1. The summed E-state index contributed by atoms with van der Waals surface area (Å²) in [7, 11) is -3.57. The van der Waals surface area contributed by atoms with Gasteiger partial charge in [0.15, 0.2) is 0 Å². The van der Waals surface area contributed by atoms with Gasteiger partial charge in [0, 0.05) is 30.2 Å². The molecule has 1 aromatic carbocycles. The van der Waals surface area contributed by atoms with Gasteiger partial charge in [0.2, 0.25) is 21.8 Å². The van der Waals surface area contributed by atoms with Crippen molar-refractivity contribution in [2.45, 2.75) is 75.8 Å². The van der Waals surface area contributed by atoms with Crippen molar-refractivity contribution in [1.29, 1.82) is 0 Å². The highest BCUT2D eigenvalue weighted by Gasteiger charge is 2.39. The van der Waals surface area contributed by atoms with Crippen LogP contribution in [0.1, 0.15) is 59.3 Å². The number of hydrogen-bond acceptors (Lipinski definition) is 4. The van der Waals surface area contributed by atoms with E-state index in [1.54, 1.807) is 17.0 Å². The maximum absolute atomic E-state index is 12.6. The summed E-state index contributed by atoms with van der Waals surface area (Å²) in [6.07, 6.45) is 5.20. The molecular formula is C21H31N3O4S. The Morgan fingerprint density at radius 1 is 1.07 bits per heavy atom. The van der Waals surface area contributed by atoms with Gasteiger partial charge < -0.3 is 10.2 Å². The Bertz CT molecular complexity index is 853. The molecule has 0 radical (unpaired) electrons. The van der Waals surface area contributed by atoms with Gasteiger partial charge in [0.25, 0.3) is 0 Å². The van der Waals surface area contributed by atoms with Crippen LogP contribution in [-0.2, 0) is 19.6 Å². The van der Waals surface area contributed by atoms with E-state index in [1.807, 2.05) is 20.8 Å². The van der Waals surface area contributed by atoms with Crippen molar-refractivity contribution < 1.29 is 18.0 Å². The highest BCUT2D eigenvalue weighted by molar-refractivity contribution is 7.89. The second-order valence-corrected chi connectivity index (χ2v) is 10.8. The Hall–Kier alpha value is -1.93. The molecule has 8 heteroatoms. The number of amides is 2. The molecule has 2 aliphatic rings. The van der Waals surface area contributed by atoms with Gasteiger partial charge in [-0.15, -0.1) is 0 Å². The fraction of sp³-hybridized carbons (Fsp3) is 0.619. The Morgan fingerprint density at radius 3 is 2.24 bits per heavy atom. The van der Waals surface area contributed by atoms with Gasteiger partial charge in [-0.05, 0) is 57.9 Å². The van der Waals surface area contributed by atoms with E-state index >= 15 is 0 Å². The van der Waals surface area contributed by atoms with Crippen molar-refractivity contribution in [1.82, 2.24) is 9.62 Å². The van der Waals surface area contributed by atoms with Crippen LogP contribution in [0.4, 0.5) is 5.69 Å². The van der Waals surface area contributed by atoms with E-state index in [0.29, 0.717) is 12.2 Å². The third-order valence-corrected chi connectivity index (χ3v) is 7.20. The molecule has 2 amide bonds. The topological polar surface area (TPSA) is 95.6 Å². The number of rotatable bonds is 5. The second kappa shape index (κ2) is 8.44. The van der Waals surface area contributed by atoms with Crippen LogP contribution in [0, 0.1) is 5.92 Å². The van der Waals surface area contributed by atoms with Crippen molar-refractivity contribution in [3.63, 3.8) is 0 Å². The van der Waals surface area contributed by atoms with Gasteiger partial charge in [-0.2, -0.15) is 0 Å². The van der Waals surface area contributed by atoms with Crippen LogP contribution in [0.3, 0.4) is 0 Å². The highest BCUT2D eigenvalue weighted by Crippen LogP contribution is 2.27. The van der Waals surface area contributed by atoms with Crippen LogP contribution >= 0.6 is 0 Å². The molecule has 29 heavy (non-hydrogen) atoms. The Labute approximate surface area is 173 Å². The Balaban J connectivity index is 1.60. The molecule has 0 unspecified atom stereocenters. The van der Waals surface area contributed by atoms with E-state index in [2.05, 4.69) is 10.0 Å². The molecule has 1 aromatic rings. The van der Waals surface area contributed by atoms with Gasteiger partial charge in [-0.25, -0.2) is 13.1 Å². The molecule has 1 aliphatic carbocycles. The fourth-order valence-electron chi connectivity index (χ4n) is 4.00. The third-order valence-electron chi connectivity index (χ3n) is 5.66. The first-order valence-corrected chi connectivity index (χ1v) is 11.8. The SMILES string of the molecule is CC(C)(C)N1C[C@H](C(=O)Nc2ccc(S(=O)(=O)NC3CCCCC3)cc2)CC1=O. The monoisotopic (exact) mass is 421 g/mol. The van der Waals surface area contributed by atoms with Gasteiger partial charge in [-0.1, -0.05) is 19.3 Å². The molecule has 1 saturated heterocycles. The zero-order valence-electron chi connectivity index (χ0n) is 17.4. The van der Waals surface area contributed by atoms with Crippen LogP contribution in [-0.4, -0.2) is 43.3 Å². The molecule has 0 aromatic heterocycles. The molecule has 2 N–H and O–H groups in total. The van der Waals surface area contributed by atoms with Crippen molar-refractivity contribution in [2.75, 3.05) is 11.9 Å². The Kier molecular flexibility index (Phi) is 6.33. The summed E-state index contributed by atoms with van der Waals surface area (Å²) in [6.45, 7) is 6.25. The van der Waals surface area contributed by atoms with E-state index in [4.69, 9.17) is 0 Å². The minimum Gasteiger partial charge on any atom is -0.337 e. The number of nitrogens with zero attached hydrogens (tertiary/aromatic N) is 1. The third kappa shape index (κ3) is 5.36. The first kappa shape index (κ1) is 21.8. The molecule has 3 rings (SSSR count). The van der Waals surface area contributed by atoms with Crippen LogP contribution in [0.25, 0.3) is 0 Å². The summed E-state index contributed by atoms with van der Waals surface area (Å²) in [5.74, 6) is -0.646. The fourth-order valence-corrected chi connectivity index (χ4v) is 5.31. The van der Waals surface area contributed by atoms with Gasteiger partial charge in [0.1, 0.15) is 0 Å². The maximum Gasteiger partial charge on any atom is 0.240 e. The van der Waals surface area contributed by atoms with Crippen molar-refractivity contribution in [2.24, 2.45) is 5.92 Å². The molecule has 1 saturated carbocycles. The molecule has 2 fully saturated rings. The molecule has 0 spiro atoms. The van der Waals surface area contributed by atoms with Gasteiger partial charge in [-0.3, -0.25) is 9.59 Å². The van der Waals surface area contributed by atoms with Crippen LogP contribution in [0.15, 0.2) is 29.2 Å². The lowest BCUT2D eigenvalue weighted by molar-refractivity contribution is -0.131. The van der Waals surface area contributed by atoms with E-state index in [9.17, 15) is 18.0 Å². The molecule has 1 atom stereocenters. The molecule has 7 nitrogen and oxygen atoms in total. The Morgan fingerprint density at radius 2 is 1.69 bits per heavy atom. The lowest BCUT2D eigenvalue weighted by Gasteiger charge is -2.31. The molecular weight excluding hydrogens is 390 g/mol. The van der Waals surface area contributed by atoms with Crippen LogP contribution in [0.2, 0.25) is 0 Å². The van der Waals surface area contributed by atoms with E-state index in [-0.39, 0.29) is 34.7 Å². The number of benzene rings is 1. The zero-order chi connectivity index (χ0) is 21.2. The van der Waals surface area contributed by atoms with E-state index in [0.717, 1.165) is 32.1 Å². The average Bonchev–Trinajstić information content (AvgIpc) is 3.05. The quantitative estimate of drug-likeness (QED) is 0.764. The smallest absolute Gasteiger partial charge is 0.240 e. The number of hydrogen-bond donors (Lipinski definition) is 2. The van der Waals surface area contributed by atoms with Gasteiger partial charge in [0.05, 0.1) is 10.8 Å².